The first-order chi connectivity index (χ1) is 16.9. The first-order valence-electron chi connectivity index (χ1n) is 11.3. The molecule has 4 heteroatoms. The van der Waals surface area contributed by atoms with Crippen molar-refractivity contribution in [3.63, 3.8) is 0 Å². The van der Waals surface area contributed by atoms with Gasteiger partial charge in [-0.15, -0.1) is 0 Å². The second kappa shape index (κ2) is 7.42. The predicted molar refractivity (Wildman–Crippen MR) is 138 cm³/mol. The monoisotopic (exact) mass is 436 g/mol. The zero-order chi connectivity index (χ0) is 22.5. The molecule has 7 rings (SSSR count). The summed E-state index contributed by atoms with van der Waals surface area (Å²) in [6, 6.07) is 36.1. The van der Waals surface area contributed by atoms with Crippen molar-refractivity contribution in [3.8, 4) is 28.2 Å². The summed E-state index contributed by atoms with van der Waals surface area (Å²) >= 11 is 0. The van der Waals surface area contributed by atoms with Crippen LogP contribution >= 0.6 is 0 Å². The van der Waals surface area contributed by atoms with E-state index in [-0.39, 0.29) is 0 Å². The second-order valence-corrected chi connectivity index (χ2v) is 8.44. The van der Waals surface area contributed by atoms with Crippen LogP contribution in [0, 0.1) is 0 Å². The van der Waals surface area contributed by atoms with Gasteiger partial charge in [-0.3, -0.25) is 4.98 Å². The molecule has 4 nitrogen and oxygen atoms in total. The highest BCUT2D eigenvalue weighted by atomic mass is 15.0. The number of nitrogens with zero attached hydrogens (tertiary/aromatic N) is 4. The molecule has 0 aliphatic carbocycles. The summed E-state index contributed by atoms with van der Waals surface area (Å²) in [5.74, 6) is 0. The Labute approximate surface area is 196 Å². The Balaban J connectivity index is 1.50. The van der Waals surface area contributed by atoms with E-state index in [0.29, 0.717) is 0 Å². The molecule has 0 bridgehead atoms. The number of hydrogen-bond donors (Lipinski definition) is 0. The highest BCUT2D eigenvalue weighted by molar-refractivity contribution is 6.10. The van der Waals surface area contributed by atoms with Gasteiger partial charge in [-0.1, -0.05) is 54.6 Å². The van der Waals surface area contributed by atoms with Crippen molar-refractivity contribution in [1.29, 1.82) is 0 Å². The fourth-order valence-electron chi connectivity index (χ4n) is 4.90. The summed E-state index contributed by atoms with van der Waals surface area (Å²) in [7, 11) is 0. The molecule has 0 amide bonds. The van der Waals surface area contributed by atoms with Crippen molar-refractivity contribution in [2.45, 2.75) is 0 Å². The molecule has 4 heterocycles. The van der Waals surface area contributed by atoms with Crippen LogP contribution in [0.2, 0.25) is 0 Å². The van der Waals surface area contributed by atoms with E-state index < -0.39 is 0 Å². The van der Waals surface area contributed by atoms with Crippen LogP contribution in [0.5, 0.6) is 0 Å². The van der Waals surface area contributed by atoms with E-state index in [1.165, 1.54) is 16.3 Å². The Morgan fingerprint density at radius 3 is 2.35 bits per heavy atom. The summed E-state index contributed by atoms with van der Waals surface area (Å²) in [6.07, 6.45) is 5.75. The van der Waals surface area contributed by atoms with Crippen LogP contribution in [0.25, 0.3) is 55.5 Å². The Morgan fingerprint density at radius 1 is 0.559 bits per heavy atom. The SMILES string of the molecule is c1ccc(-c2cccc(-n3c4ccccc4c4ccc(-c5ncn6ccccc56)cc43)c2)nc1. The summed E-state index contributed by atoms with van der Waals surface area (Å²) in [6.45, 7) is 0. The number of fused-ring (bicyclic) bond motifs is 4. The molecule has 0 radical (unpaired) electrons. The van der Waals surface area contributed by atoms with E-state index in [2.05, 4.69) is 92.8 Å². The van der Waals surface area contributed by atoms with E-state index in [1.807, 2.05) is 43.0 Å². The molecule has 0 fully saturated rings. The summed E-state index contributed by atoms with van der Waals surface area (Å²) in [5.41, 5.74) is 8.71. The number of para-hydroxylation sites is 1. The van der Waals surface area contributed by atoms with Gasteiger partial charge in [0.2, 0.25) is 0 Å². The molecule has 4 aromatic heterocycles. The van der Waals surface area contributed by atoms with Gasteiger partial charge in [0.15, 0.2) is 0 Å². The second-order valence-electron chi connectivity index (χ2n) is 8.44. The van der Waals surface area contributed by atoms with Crippen molar-refractivity contribution < 1.29 is 0 Å². The average Bonchev–Trinajstić information content (AvgIpc) is 3.48. The van der Waals surface area contributed by atoms with Gasteiger partial charge in [0.1, 0.15) is 0 Å². The number of rotatable bonds is 3. The van der Waals surface area contributed by atoms with Crippen LogP contribution in [-0.2, 0) is 0 Å². The minimum Gasteiger partial charge on any atom is -0.309 e. The zero-order valence-corrected chi connectivity index (χ0v) is 18.3. The maximum absolute atomic E-state index is 4.73. The van der Waals surface area contributed by atoms with Crippen molar-refractivity contribution in [2.75, 3.05) is 0 Å². The Kier molecular flexibility index (Phi) is 4.11. The molecule has 0 saturated carbocycles. The summed E-state index contributed by atoms with van der Waals surface area (Å²) < 4.78 is 4.41. The normalized spacial score (nSPS) is 11.5. The van der Waals surface area contributed by atoms with Gasteiger partial charge in [-0.05, 0) is 48.5 Å². The van der Waals surface area contributed by atoms with Gasteiger partial charge in [0.25, 0.3) is 0 Å². The van der Waals surface area contributed by atoms with Crippen molar-refractivity contribution in [3.05, 3.63) is 122 Å². The molecular formula is C30H20N4. The molecule has 34 heavy (non-hydrogen) atoms. The molecule has 0 atom stereocenters. The van der Waals surface area contributed by atoms with Gasteiger partial charge in [-0.2, -0.15) is 0 Å². The molecule has 160 valence electrons. The maximum Gasteiger partial charge on any atom is 0.0999 e. The molecule has 0 unspecified atom stereocenters. The van der Waals surface area contributed by atoms with E-state index in [0.717, 1.165) is 39.2 Å². The molecule has 3 aromatic carbocycles. The first-order valence-corrected chi connectivity index (χ1v) is 11.3. The lowest BCUT2D eigenvalue weighted by atomic mass is 10.1. The predicted octanol–water partition coefficient (Wildman–Crippen LogP) is 7.16. The fraction of sp³-hybridized carbons (Fsp3) is 0. The molecule has 0 N–H and O–H groups in total. The van der Waals surface area contributed by atoms with Crippen LogP contribution in [-0.4, -0.2) is 18.9 Å². The molecular weight excluding hydrogens is 416 g/mol. The standard InChI is InChI=1S/C30H20N4/c1-2-12-27-24(10-1)25-15-14-22(30-28-13-4-6-17-33(28)20-32-30)19-29(25)34(27)23-9-7-8-21(18-23)26-11-3-5-16-31-26/h1-20H. The zero-order valence-electron chi connectivity index (χ0n) is 18.3. The van der Waals surface area contributed by atoms with Gasteiger partial charge >= 0.3 is 0 Å². The third-order valence-corrected chi connectivity index (χ3v) is 6.46. The first kappa shape index (κ1) is 18.8. The molecule has 0 aliphatic rings. The van der Waals surface area contributed by atoms with E-state index in [4.69, 9.17) is 4.98 Å². The lowest BCUT2D eigenvalue weighted by Gasteiger charge is -2.10. The Bertz CT molecular complexity index is 1810. The smallest absolute Gasteiger partial charge is 0.0999 e. The van der Waals surface area contributed by atoms with E-state index in [9.17, 15) is 0 Å². The highest BCUT2D eigenvalue weighted by Gasteiger charge is 2.15. The van der Waals surface area contributed by atoms with Crippen molar-refractivity contribution in [2.24, 2.45) is 0 Å². The van der Waals surface area contributed by atoms with Crippen LogP contribution in [0.3, 0.4) is 0 Å². The van der Waals surface area contributed by atoms with E-state index >= 15 is 0 Å². The minimum absolute atomic E-state index is 0.968. The van der Waals surface area contributed by atoms with Crippen LogP contribution in [0.1, 0.15) is 0 Å². The molecule has 0 spiro atoms. The number of imidazole rings is 1. The summed E-state index contributed by atoms with van der Waals surface area (Å²) in [4.78, 5) is 9.28. The fourth-order valence-corrected chi connectivity index (χ4v) is 4.90. The quantitative estimate of drug-likeness (QED) is 0.295. The van der Waals surface area contributed by atoms with E-state index in [1.54, 1.807) is 0 Å². The lowest BCUT2D eigenvalue weighted by Crippen LogP contribution is -1.95. The van der Waals surface area contributed by atoms with Crippen LogP contribution in [0.15, 0.2) is 122 Å². The van der Waals surface area contributed by atoms with Crippen molar-refractivity contribution in [1.82, 2.24) is 18.9 Å². The average molecular weight is 437 g/mol. The maximum atomic E-state index is 4.73. The molecule has 0 saturated heterocycles. The molecule has 7 aromatic rings. The van der Waals surface area contributed by atoms with Crippen LogP contribution < -0.4 is 0 Å². The number of benzene rings is 3. The van der Waals surface area contributed by atoms with Crippen LogP contribution in [0.4, 0.5) is 0 Å². The minimum atomic E-state index is 0.968. The Hall–Kier alpha value is -4.70. The topological polar surface area (TPSA) is 35.1 Å². The van der Waals surface area contributed by atoms with Gasteiger partial charge < -0.3 is 8.97 Å². The highest BCUT2D eigenvalue weighted by Crippen LogP contribution is 2.36. The number of pyridine rings is 2. The third kappa shape index (κ3) is 2.86. The molecule has 0 aliphatic heterocycles. The van der Waals surface area contributed by atoms with Crippen molar-refractivity contribution >= 4 is 27.3 Å². The van der Waals surface area contributed by atoms with Gasteiger partial charge in [-0.25, -0.2) is 4.98 Å². The van der Waals surface area contributed by atoms with Gasteiger partial charge in [0, 0.05) is 40.0 Å². The third-order valence-electron chi connectivity index (χ3n) is 6.46. The number of aromatic nitrogens is 4. The van der Waals surface area contributed by atoms with Gasteiger partial charge in [0.05, 0.1) is 34.3 Å². The number of hydrogen-bond acceptors (Lipinski definition) is 2. The summed E-state index contributed by atoms with van der Waals surface area (Å²) in [5, 5.41) is 2.47. The lowest BCUT2D eigenvalue weighted by molar-refractivity contribution is 1.15. The Morgan fingerprint density at radius 2 is 1.41 bits per heavy atom. The largest absolute Gasteiger partial charge is 0.309 e.